The number of methoxy groups -OCH3 is 1. The monoisotopic (exact) mass is 478 g/mol. The maximum atomic E-state index is 12.2. The van der Waals surface area contributed by atoms with E-state index in [0.29, 0.717) is 37.0 Å². The number of carbonyl (C=O) groups is 1. The number of hydrogen-bond donors (Lipinski definition) is 2. The third-order valence-corrected chi connectivity index (χ3v) is 5.00. The minimum atomic E-state index is -0.329. The van der Waals surface area contributed by atoms with Crippen LogP contribution in [0.5, 0.6) is 23.0 Å². The lowest BCUT2D eigenvalue weighted by molar-refractivity contribution is -0.124. The molecule has 162 valence electrons. The minimum absolute atomic E-state index is 0.110. The Balaban J connectivity index is 1.76. The van der Waals surface area contributed by atoms with E-state index in [1.54, 1.807) is 13.2 Å². The first kappa shape index (κ1) is 22.1. The molecule has 2 aromatic carbocycles. The molecule has 7 nitrogen and oxygen atoms in total. The highest BCUT2D eigenvalue weighted by atomic mass is 79.9. The number of nitrogens with one attached hydrogen (secondary N) is 2. The van der Waals surface area contributed by atoms with Crippen LogP contribution in [0.1, 0.15) is 26.3 Å². The fraction of sp³-hybridized carbons (Fsp3) is 0.409. The Morgan fingerprint density at radius 2 is 1.87 bits per heavy atom. The standard InChI is InChI=1S/C22H27BrN2O5/c1-22(2,3)25-20(26)13-30-21-15(16(23)6-8-18(21)27-4)12-24-14-5-7-17-19(11-14)29-10-9-28-17/h5-8,11,24H,9-10,12-13H2,1-4H3,(H,25,26). The van der Waals surface area contributed by atoms with Crippen molar-refractivity contribution in [2.24, 2.45) is 0 Å². The van der Waals surface area contributed by atoms with Gasteiger partial charge in [0.25, 0.3) is 5.91 Å². The number of anilines is 1. The topological polar surface area (TPSA) is 78.1 Å². The summed E-state index contributed by atoms with van der Waals surface area (Å²) in [6.45, 7) is 7.20. The summed E-state index contributed by atoms with van der Waals surface area (Å²) in [5.41, 5.74) is 1.39. The van der Waals surface area contributed by atoms with Gasteiger partial charge in [-0.2, -0.15) is 0 Å². The third kappa shape index (κ3) is 5.72. The Kier molecular flexibility index (Phi) is 6.97. The molecule has 3 rings (SSSR count). The maximum absolute atomic E-state index is 12.2. The van der Waals surface area contributed by atoms with Crippen molar-refractivity contribution in [1.82, 2.24) is 5.32 Å². The molecule has 1 amide bonds. The van der Waals surface area contributed by atoms with Crippen LogP contribution in [-0.4, -0.2) is 38.4 Å². The van der Waals surface area contributed by atoms with Crippen molar-refractivity contribution in [1.29, 1.82) is 0 Å². The molecule has 2 N–H and O–H groups in total. The second kappa shape index (κ2) is 9.47. The van der Waals surface area contributed by atoms with E-state index < -0.39 is 0 Å². The highest BCUT2D eigenvalue weighted by Crippen LogP contribution is 2.38. The Morgan fingerprint density at radius 3 is 2.57 bits per heavy atom. The van der Waals surface area contributed by atoms with Crippen molar-refractivity contribution in [2.45, 2.75) is 32.9 Å². The molecule has 0 saturated carbocycles. The van der Waals surface area contributed by atoms with Gasteiger partial charge in [-0.15, -0.1) is 0 Å². The first-order chi connectivity index (χ1) is 14.3. The molecule has 0 spiro atoms. The Hall–Kier alpha value is -2.61. The van der Waals surface area contributed by atoms with E-state index in [9.17, 15) is 4.79 Å². The van der Waals surface area contributed by atoms with Gasteiger partial charge in [-0.1, -0.05) is 15.9 Å². The van der Waals surface area contributed by atoms with Crippen molar-refractivity contribution in [3.63, 3.8) is 0 Å². The second-order valence-corrected chi connectivity index (χ2v) is 8.71. The molecule has 0 radical (unpaired) electrons. The van der Waals surface area contributed by atoms with Gasteiger partial charge < -0.3 is 29.6 Å². The summed E-state index contributed by atoms with van der Waals surface area (Å²) in [6.07, 6.45) is 0. The molecule has 8 heteroatoms. The normalized spacial score (nSPS) is 12.8. The molecule has 0 fully saturated rings. The summed E-state index contributed by atoms with van der Waals surface area (Å²) in [6, 6.07) is 9.40. The molecule has 1 heterocycles. The maximum Gasteiger partial charge on any atom is 0.258 e. The fourth-order valence-corrected chi connectivity index (χ4v) is 3.45. The second-order valence-electron chi connectivity index (χ2n) is 7.86. The number of fused-ring (bicyclic) bond motifs is 1. The largest absolute Gasteiger partial charge is 0.493 e. The first-order valence-electron chi connectivity index (χ1n) is 9.69. The van der Waals surface area contributed by atoms with Gasteiger partial charge in [-0.3, -0.25) is 4.79 Å². The lowest BCUT2D eigenvalue weighted by atomic mass is 10.1. The van der Waals surface area contributed by atoms with E-state index in [1.165, 1.54) is 0 Å². The van der Waals surface area contributed by atoms with Crippen molar-refractivity contribution in [3.8, 4) is 23.0 Å². The summed E-state index contributed by atoms with van der Waals surface area (Å²) in [7, 11) is 1.57. The number of rotatable bonds is 7. The molecule has 1 aliphatic rings. The van der Waals surface area contributed by atoms with Crippen LogP contribution in [0.4, 0.5) is 5.69 Å². The zero-order valence-corrected chi connectivity index (χ0v) is 19.2. The predicted octanol–water partition coefficient (Wildman–Crippen LogP) is 4.13. The minimum Gasteiger partial charge on any atom is -0.493 e. The molecule has 0 aliphatic carbocycles. The number of carbonyl (C=O) groups excluding carboxylic acids is 1. The molecule has 0 aromatic heterocycles. The van der Waals surface area contributed by atoms with Gasteiger partial charge in [0.2, 0.25) is 0 Å². The molecule has 0 unspecified atom stereocenters. The van der Waals surface area contributed by atoms with Gasteiger partial charge in [-0.05, 0) is 45.0 Å². The van der Waals surface area contributed by atoms with Crippen LogP contribution in [0.2, 0.25) is 0 Å². The average molecular weight is 479 g/mol. The zero-order valence-electron chi connectivity index (χ0n) is 17.6. The van der Waals surface area contributed by atoms with Gasteiger partial charge in [0.1, 0.15) is 13.2 Å². The van der Waals surface area contributed by atoms with E-state index in [4.69, 9.17) is 18.9 Å². The zero-order chi connectivity index (χ0) is 21.7. The molecular weight excluding hydrogens is 452 g/mol. The number of ether oxygens (including phenoxy) is 4. The third-order valence-electron chi connectivity index (χ3n) is 4.26. The van der Waals surface area contributed by atoms with Crippen LogP contribution in [0.15, 0.2) is 34.8 Å². The van der Waals surface area contributed by atoms with Crippen LogP contribution in [0.25, 0.3) is 0 Å². The SMILES string of the molecule is COc1ccc(Br)c(CNc2ccc3c(c2)OCCO3)c1OCC(=O)NC(C)(C)C. The van der Waals surface area contributed by atoms with Crippen LogP contribution in [0, 0.1) is 0 Å². The highest BCUT2D eigenvalue weighted by molar-refractivity contribution is 9.10. The summed E-state index contributed by atoms with van der Waals surface area (Å²) in [4.78, 5) is 12.2. The first-order valence-corrected chi connectivity index (χ1v) is 10.5. The van der Waals surface area contributed by atoms with Crippen molar-refractivity contribution in [2.75, 3.05) is 32.2 Å². The lowest BCUT2D eigenvalue weighted by Gasteiger charge is -2.22. The van der Waals surface area contributed by atoms with Crippen LogP contribution >= 0.6 is 15.9 Å². The number of amides is 1. The van der Waals surface area contributed by atoms with Crippen molar-refractivity contribution >= 4 is 27.5 Å². The van der Waals surface area contributed by atoms with Crippen LogP contribution in [-0.2, 0) is 11.3 Å². The van der Waals surface area contributed by atoms with Crippen LogP contribution < -0.4 is 29.6 Å². The highest BCUT2D eigenvalue weighted by Gasteiger charge is 2.19. The van der Waals surface area contributed by atoms with E-state index in [-0.39, 0.29) is 18.1 Å². The Morgan fingerprint density at radius 1 is 1.13 bits per heavy atom. The van der Waals surface area contributed by atoms with Gasteiger partial charge >= 0.3 is 0 Å². The van der Waals surface area contributed by atoms with Gasteiger partial charge in [0.15, 0.2) is 29.6 Å². The predicted molar refractivity (Wildman–Crippen MR) is 119 cm³/mol. The van der Waals surface area contributed by atoms with Crippen molar-refractivity contribution in [3.05, 3.63) is 40.4 Å². The molecule has 0 saturated heterocycles. The van der Waals surface area contributed by atoms with E-state index in [1.807, 2.05) is 45.0 Å². The summed E-state index contributed by atoms with van der Waals surface area (Å²) in [5, 5.41) is 6.26. The quantitative estimate of drug-likeness (QED) is 0.622. The summed E-state index contributed by atoms with van der Waals surface area (Å²) in [5.74, 6) is 2.33. The number of benzene rings is 2. The summed E-state index contributed by atoms with van der Waals surface area (Å²) < 4.78 is 23.4. The Labute approximate surface area is 185 Å². The molecular formula is C22H27BrN2O5. The van der Waals surface area contributed by atoms with E-state index in [2.05, 4.69) is 26.6 Å². The number of halogens is 1. The van der Waals surface area contributed by atoms with E-state index >= 15 is 0 Å². The molecule has 0 atom stereocenters. The molecule has 1 aliphatic heterocycles. The molecule has 0 bridgehead atoms. The molecule has 30 heavy (non-hydrogen) atoms. The Bertz CT molecular complexity index is 911. The van der Waals surface area contributed by atoms with Crippen molar-refractivity contribution < 1.29 is 23.7 Å². The number of hydrogen-bond acceptors (Lipinski definition) is 6. The van der Waals surface area contributed by atoms with Crippen LogP contribution in [0.3, 0.4) is 0 Å². The lowest BCUT2D eigenvalue weighted by Crippen LogP contribution is -2.43. The van der Waals surface area contributed by atoms with Gasteiger partial charge in [0, 0.05) is 33.9 Å². The summed E-state index contributed by atoms with van der Waals surface area (Å²) >= 11 is 3.58. The van der Waals surface area contributed by atoms with Gasteiger partial charge in [0.05, 0.1) is 7.11 Å². The molecule has 2 aromatic rings. The fourth-order valence-electron chi connectivity index (χ4n) is 3.00. The van der Waals surface area contributed by atoms with E-state index in [0.717, 1.165) is 21.5 Å². The smallest absolute Gasteiger partial charge is 0.258 e. The van der Waals surface area contributed by atoms with Gasteiger partial charge in [-0.25, -0.2) is 0 Å². The average Bonchev–Trinajstić information content (AvgIpc) is 2.70.